The maximum atomic E-state index is 12.7. The molecule has 2 saturated heterocycles. The Morgan fingerprint density at radius 1 is 1.13 bits per heavy atom. The summed E-state index contributed by atoms with van der Waals surface area (Å²) in [5, 5.41) is 4.51. The number of pyridine rings is 1. The topological polar surface area (TPSA) is 66.8 Å². The van der Waals surface area contributed by atoms with Crippen molar-refractivity contribution in [2.24, 2.45) is 4.99 Å². The minimum atomic E-state index is -0.141. The molecule has 7 heteroatoms. The molecule has 3 aromatic rings. The monoisotopic (exact) mass is 430 g/mol. The maximum Gasteiger partial charge on any atom is 0.264 e. The summed E-state index contributed by atoms with van der Waals surface area (Å²) in [6.07, 6.45) is 1.92. The number of benzene rings is 2. The molecule has 3 heterocycles. The highest BCUT2D eigenvalue weighted by atomic mass is 32.2. The van der Waals surface area contributed by atoms with Gasteiger partial charge in [0.2, 0.25) is 0 Å². The number of carbonyl (C=O) groups excluding carboxylic acids is 1. The summed E-state index contributed by atoms with van der Waals surface area (Å²) >= 11 is 1.35. The molecule has 0 spiro atoms. The van der Waals surface area contributed by atoms with Crippen molar-refractivity contribution in [2.75, 3.05) is 31.2 Å². The normalized spacial score (nSPS) is 19.4. The highest BCUT2D eigenvalue weighted by Crippen LogP contribution is 2.32. The molecule has 2 fully saturated rings. The number of anilines is 1. The summed E-state index contributed by atoms with van der Waals surface area (Å²) in [7, 11) is 0. The van der Waals surface area contributed by atoms with Gasteiger partial charge in [0.15, 0.2) is 5.17 Å². The Labute approximate surface area is 185 Å². The second-order valence-electron chi connectivity index (χ2n) is 7.51. The zero-order chi connectivity index (χ0) is 21.2. The van der Waals surface area contributed by atoms with Gasteiger partial charge >= 0.3 is 0 Å². The molecule has 2 aliphatic rings. The molecule has 0 radical (unpaired) electrons. The summed E-state index contributed by atoms with van der Waals surface area (Å²) in [5.41, 5.74) is 3.82. The highest BCUT2D eigenvalue weighted by Gasteiger charge is 2.25. The summed E-state index contributed by atoms with van der Waals surface area (Å²) in [4.78, 5) is 25.0. The molecule has 156 valence electrons. The standard InChI is InChI=1S/C24H22N4O2S/c1-16-5-4-7-19(13-16)25-24-27-23(29)21(31-24)15-18-14-17-6-2-3-8-20(17)26-22(18)28-9-11-30-12-10-28/h2-8,13-15H,9-12H2,1H3,(H,25,27,29)/b21-15-. The fraction of sp³-hybridized carbons (Fsp3) is 0.208. The summed E-state index contributed by atoms with van der Waals surface area (Å²) in [5.74, 6) is 0.740. The molecule has 0 unspecified atom stereocenters. The van der Waals surface area contributed by atoms with Crippen LogP contribution in [-0.4, -0.2) is 42.4 Å². The number of fused-ring (bicyclic) bond motifs is 1. The zero-order valence-electron chi connectivity index (χ0n) is 17.2. The van der Waals surface area contributed by atoms with Crippen molar-refractivity contribution in [1.29, 1.82) is 0 Å². The smallest absolute Gasteiger partial charge is 0.264 e. The van der Waals surface area contributed by atoms with Gasteiger partial charge in [0.1, 0.15) is 5.82 Å². The van der Waals surface area contributed by atoms with Crippen molar-refractivity contribution >= 4 is 51.3 Å². The van der Waals surface area contributed by atoms with Crippen LogP contribution >= 0.6 is 11.8 Å². The van der Waals surface area contributed by atoms with E-state index < -0.39 is 0 Å². The molecule has 0 bridgehead atoms. The lowest BCUT2D eigenvalue weighted by Gasteiger charge is -2.29. The third kappa shape index (κ3) is 4.33. The van der Waals surface area contributed by atoms with E-state index in [2.05, 4.69) is 21.3 Å². The van der Waals surface area contributed by atoms with Crippen LogP contribution in [0.25, 0.3) is 17.0 Å². The molecule has 1 aromatic heterocycles. The molecule has 31 heavy (non-hydrogen) atoms. The lowest BCUT2D eigenvalue weighted by molar-refractivity contribution is -0.115. The molecule has 2 aromatic carbocycles. The van der Waals surface area contributed by atoms with E-state index in [1.165, 1.54) is 11.8 Å². The van der Waals surface area contributed by atoms with Crippen LogP contribution in [0.1, 0.15) is 11.1 Å². The highest BCUT2D eigenvalue weighted by molar-refractivity contribution is 8.18. The van der Waals surface area contributed by atoms with E-state index in [1.54, 1.807) is 0 Å². The molecule has 6 nitrogen and oxygen atoms in total. The summed E-state index contributed by atoms with van der Waals surface area (Å²) in [6.45, 7) is 4.93. The average Bonchev–Trinajstić information content (AvgIpc) is 3.12. The van der Waals surface area contributed by atoms with Gasteiger partial charge in [0.05, 0.1) is 29.3 Å². The van der Waals surface area contributed by atoms with Gasteiger partial charge in [-0.2, -0.15) is 0 Å². The second kappa shape index (κ2) is 8.53. The number of hydrogen-bond acceptors (Lipinski definition) is 6. The van der Waals surface area contributed by atoms with E-state index in [-0.39, 0.29) is 5.91 Å². The average molecular weight is 431 g/mol. The van der Waals surface area contributed by atoms with Gasteiger partial charge in [-0.15, -0.1) is 0 Å². The number of aryl methyl sites for hydroxylation is 1. The van der Waals surface area contributed by atoms with Crippen molar-refractivity contribution < 1.29 is 9.53 Å². The first-order valence-electron chi connectivity index (χ1n) is 10.2. The van der Waals surface area contributed by atoms with Crippen LogP contribution in [0.3, 0.4) is 0 Å². The third-order valence-corrected chi connectivity index (χ3v) is 6.12. The predicted molar refractivity (Wildman–Crippen MR) is 127 cm³/mol. The lowest BCUT2D eigenvalue weighted by Crippen LogP contribution is -2.37. The summed E-state index contributed by atoms with van der Waals surface area (Å²) < 4.78 is 5.51. The third-order valence-electron chi connectivity index (χ3n) is 5.21. The fourth-order valence-corrected chi connectivity index (χ4v) is 4.53. The first-order valence-corrected chi connectivity index (χ1v) is 11.1. The molecular formula is C24H22N4O2S. The van der Waals surface area contributed by atoms with E-state index in [9.17, 15) is 4.79 Å². The Morgan fingerprint density at radius 2 is 1.97 bits per heavy atom. The first-order chi connectivity index (χ1) is 15.2. The van der Waals surface area contributed by atoms with Gasteiger partial charge in [-0.1, -0.05) is 30.3 Å². The molecule has 0 atom stereocenters. The molecule has 0 saturated carbocycles. The number of amides is 1. The van der Waals surface area contributed by atoms with Crippen LogP contribution in [0, 0.1) is 6.92 Å². The van der Waals surface area contributed by atoms with Crippen LogP contribution in [0.2, 0.25) is 0 Å². The fourth-order valence-electron chi connectivity index (χ4n) is 3.69. The van der Waals surface area contributed by atoms with Crippen molar-refractivity contribution in [2.45, 2.75) is 6.92 Å². The number of aromatic nitrogens is 1. The Hall–Kier alpha value is -3.16. The number of amidine groups is 1. The van der Waals surface area contributed by atoms with Crippen LogP contribution in [0.4, 0.5) is 11.5 Å². The van der Waals surface area contributed by atoms with Crippen LogP contribution in [0.15, 0.2) is 64.5 Å². The van der Waals surface area contributed by atoms with E-state index >= 15 is 0 Å². The minimum absolute atomic E-state index is 0.141. The summed E-state index contributed by atoms with van der Waals surface area (Å²) in [6, 6.07) is 18.0. The Balaban J connectivity index is 1.51. The Bertz CT molecular complexity index is 1220. The Kier molecular flexibility index (Phi) is 5.44. The van der Waals surface area contributed by atoms with E-state index in [4.69, 9.17) is 9.72 Å². The molecule has 2 aliphatic heterocycles. The van der Waals surface area contributed by atoms with E-state index in [1.807, 2.05) is 61.5 Å². The zero-order valence-corrected chi connectivity index (χ0v) is 18.0. The lowest BCUT2D eigenvalue weighted by atomic mass is 10.1. The predicted octanol–water partition coefficient (Wildman–Crippen LogP) is 4.27. The first kappa shape index (κ1) is 19.8. The largest absolute Gasteiger partial charge is 0.378 e. The number of thioether (sulfide) groups is 1. The van der Waals surface area contributed by atoms with Crippen LogP contribution < -0.4 is 10.2 Å². The van der Waals surface area contributed by atoms with Crippen molar-refractivity contribution in [1.82, 2.24) is 10.3 Å². The molecular weight excluding hydrogens is 408 g/mol. The van der Waals surface area contributed by atoms with Crippen molar-refractivity contribution in [3.8, 4) is 0 Å². The maximum absolute atomic E-state index is 12.7. The number of rotatable bonds is 3. The molecule has 0 aliphatic carbocycles. The van der Waals surface area contributed by atoms with Crippen molar-refractivity contribution in [3.63, 3.8) is 0 Å². The van der Waals surface area contributed by atoms with Crippen LogP contribution in [0.5, 0.6) is 0 Å². The SMILES string of the molecule is Cc1cccc(N=C2NC(=O)/C(=C/c3cc4ccccc4nc3N3CCOCC3)S2)c1. The van der Waals surface area contributed by atoms with E-state index in [0.717, 1.165) is 46.6 Å². The van der Waals surface area contributed by atoms with Crippen molar-refractivity contribution in [3.05, 3.63) is 70.6 Å². The van der Waals surface area contributed by atoms with Gasteiger partial charge in [-0.05, 0) is 54.6 Å². The number of nitrogens with one attached hydrogen (secondary N) is 1. The number of hydrogen-bond donors (Lipinski definition) is 1. The molecule has 5 rings (SSSR count). The quantitative estimate of drug-likeness (QED) is 0.629. The van der Waals surface area contributed by atoms with E-state index in [0.29, 0.717) is 23.3 Å². The minimum Gasteiger partial charge on any atom is -0.378 e. The number of morpholine rings is 1. The molecule has 1 N–H and O–H groups in total. The van der Waals surface area contributed by atoms with Gasteiger partial charge in [-0.3, -0.25) is 4.79 Å². The van der Waals surface area contributed by atoms with Gasteiger partial charge in [0, 0.05) is 24.0 Å². The number of nitrogens with zero attached hydrogens (tertiary/aromatic N) is 3. The van der Waals surface area contributed by atoms with Gasteiger partial charge in [0.25, 0.3) is 5.91 Å². The number of aliphatic imine (C=N–C) groups is 1. The van der Waals surface area contributed by atoms with Crippen LogP contribution in [-0.2, 0) is 9.53 Å². The van der Waals surface area contributed by atoms with Gasteiger partial charge < -0.3 is 15.0 Å². The second-order valence-corrected chi connectivity index (χ2v) is 8.54. The molecule has 1 amide bonds. The Morgan fingerprint density at radius 3 is 2.81 bits per heavy atom. The number of carbonyl (C=O) groups is 1. The number of ether oxygens (including phenoxy) is 1. The number of para-hydroxylation sites is 1. The van der Waals surface area contributed by atoms with Gasteiger partial charge in [-0.25, -0.2) is 9.98 Å².